The third-order valence-corrected chi connectivity index (χ3v) is 4.65. The fourth-order valence-electron chi connectivity index (χ4n) is 3.04. The van der Waals surface area contributed by atoms with Crippen LogP contribution in [-0.4, -0.2) is 6.04 Å². The van der Waals surface area contributed by atoms with Gasteiger partial charge in [0.05, 0.1) is 16.3 Å². The second-order valence-electron chi connectivity index (χ2n) is 5.78. The summed E-state index contributed by atoms with van der Waals surface area (Å²) >= 11 is 5.99. The molecule has 0 amide bonds. The molecular formula is C16H21ClF3N. The van der Waals surface area contributed by atoms with Gasteiger partial charge in [-0.3, -0.25) is 0 Å². The van der Waals surface area contributed by atoms with E-state index in [4.69, 9.17) is 11.6 Å². The number of nitrogens with one attached hydrogen (secondary N) is 1. The van der Waals surface area contributed by atoms with Gasteiger partial charge in [-0.1, -0.05) is 43.9 Å². The second-order valence-corrected chi connectivity index (χ2v) is 6.19. The van der Waals surface area contributed by atoms with E-state index in [9.17, 15) is 13.2 Å². The Kier molecular flexibility index (Phi) is 5.42. The highest BCUT2D eigenvalue weighted by Crippen LogP contribution is 2.39. The van der Waals surface area contributed by atoms with Gasteiger partial charge in [0.2, 0.25) is 0 Å². The molecule has 1 fully saturated rings. The first-order chi connectivity index (χ1) is 9.91. The zero-order valence-electron chi connectivity index (χ0n) is 12.1. The van der Waals surface area contributed by atoms with Crippen LogP contribution in [0.4, 0.5) is 18.9 Å². The van der Waals surface area contributed by atoms with E-state index < -0.39 is 11.7 Å². The van der Waals surface area contributed by atoms with Gasteiger partial charge in [0.1, 0.15) is 0 Å². The number of anilines is 1. The van der Waals surface area contributed by atoms with E-state index in [1.807, 2.05) is 0 Å². The first-order valence-electron chi connectivity index (χ1n) is 7.54. The van der Waals surface area contributed by atoms with Crippen molar-refractivity contribution in [3.63, 3.8) is 0 Å². The average molecular weight is 320 g/mol. The molecule has 1 saturated carbocycles. The highest BCUT2D eigenvalue weighted by molar-refractivity contribution is 6.33. The first-order valence-corrected chi connectivity index (χ1v) is 7.91. The van der Waals surface area contributed by atoms with Gasteiger partial charge in [0, 0.05) is 6.04 Å². The zero-order valence-corrected chi connectivity index (χ0v) is 12.9. The molecule has 0 aliphatic heterocycles. The minimum atomic E-state index is -4.39. The van der Waals surface area contributed by atoms with Gasteiger partial charge in [-0.15, -0.1) is 0 Å². The lowest BCUT2D eigenvalue weighted by atomic mass is 9.98. The SMILES string of the molecule is CCC1CCCC(Nc2c(Cl)cccc2C(F)(F)F)CC1. The molecule has 1 aliphatic rings. The van der Waals surface area contributed by atoms with Crippen LogP contribution in [0.15, 0.2) is 18.2 Å². The summed E-state index contributed by atoms with van der Waals surface area (Å²) in [6.45, 7) is 2.17. The summed E-state index contributed by atoms with van der Waals surface area (Å²) in [6.07, 6.45) is 1.86. The summed E-state index contributed by atoms with van der Waals surface area (Å²) in [7, 11) is 0. The number of para-hydroxylation sites is 1. The van der Waals surface area contributed by atoms with Crippen molar-refractivity contribution in [2.75, 3.05) is 5.32 Å². The zero-order chi connectivity index (χ0) is 15.5. The number of rotatable bonds is 3. The minimum absolute atomic E-state index is 0.0339. The quantitative estimate of drug-likeness (QED) is 0.661. The topological polar surface area (TPSA) is 12.0 Å². The Morgan fingerprint density at radius 3 is 2.62 bits per heavy atom. The normalized spacial score (nSPS) is 23.7. The molecule has 1 nitrogen and oxygen atoms in total. The number of hydrogen-bond acceptors (Lipinski definition) is 1. The largest absolute Gasteiger partial charge is 0.418 e. The van der Waals surface area contributed by atoms with Crippen LogP contribution in [0.2, 0.25) is 5.02 Å². The molecule has 1 aliphatic carbocycles. The van der Waals surface area contributed by atoms with Gasteiger partial charge in [0.25, 0.3) is 0 Å². The van der Waals surface area contributed by atoms with E-state index in [2.05, 4.69) is 12.2 Å². The molecule has 0 spiro atoms. The molecule has 118 valence electrons. The Balaban J connectivity index is 2.16. The van der Waals surface area contributed by atoms with Crippen molar-refractivity contribution < 1.29 is 13.2 Å². The Morgan fingerprint density at radius 1 is 1.19 bits per heavy atom. The molecule has 1 N–H and O–H groups in total. The van der Waals surface area contributed by atoms with Gasteiger partial charge in [-0.05, 0) is 37.3 Å². The van der Waals surface area contributed by atoms with Gasteiger partial charge < -0.3 is 5.32 Å². The van der Waals surface area contributed by atoms with Crippen molar-refractivity contribution in [2.24, 2.45) is 5.92 Å². The molecule has 21 heavy (non-hydrogen) atoms. The maximum absolute atomic E-state index is 13.1. The third kappa shape index (κ3) is 4.29. The molecule has 1 aromatic carbocycles. The van der Waals surface area contributed by atoms with Crippen molar-refractivity contribution in [2.45, 2.75) is 57.7 Å². The molecule has 0 saturated heterocycles. The van der Waals surface area contributed by atoms with Crippen molar-refractivity contribution in [1.29, 1.82) is 0 Å². The lowest BCUT2D eigenvalue weighted by molar-refractivity contribution is -0.137. The Labute approximate surface area is 128 Å². The fraction of sp³-hybridized carbons (Fsp3) is 0.625. The van der Waals surface area contributed by atoms with Crippen LogP contribution >= 0.6 is 11.6 Å². The van der Waals surface area contributed by atoms with Gasteiger partial charge in [0.15, 0.2) is 0 Å². The van der Waals surface area contributed by atoms with Gasteiger partial charge >= 0.3 is 6.18 Å². The minimum Gasteiger partial charge on any atom is -0.381 e. The summed E-state index contributed by atoms with van der Waals surface area (Å²) in [5, 5.41) is 3.20. The molecule has 1 aromatic rings. The Bertz CT molecular complexity index is 473. The molecule has 0 aromatic heterocycles. The predicted octanol–water partition coefficient (Wildman–Crippen LogP) is 6.13. The highest BCUT2D eigenvalue weighted by atomic mass is 35.5. The molecule has 0 heterocycles. The van der Waals surface area contributed by atoms with Crippen molar-refractivity contribution in [3.8, 4) is 0 Å². The molecule has 0 radical (unpaired) electrons. The third-order valence-electron chi connectivity index (χ3n) is 4.33. The Morgan fingerprint density at radius 2 is 1.95 bits per heavy atom. The smallest absolute Gasteiger partial charge is 0.381 e. The van der Waals surface area contributed by atoms with Crippen LogP contribution in [0.1, 0.15) is 51.0 Å². The van der Waals surface area contributed by atoms with Crippen LogP contribution in [0.5, 0.6) is 0 Å². The summed E-state index contributed by atoms with van der Waals surface area (Å²) in [4.78, 5) is 0. The van der Waals surface area contributed by atoms with E-state index in [1.54, 1.807) is 0 Å². The monoisotopic (exact) mass is 319 g/mol. The molecule has 0 bridgehead atoms. The highest BCUT2D eigenvalue weighted by Gasteiger charge is 2.35. The van der Waals surface area contributed by atoms with E-state index in [-0.39, 0.29) is 16.8 Å². The van der Waals surface area contributed by atoms with E-state index in [0.717, 1.165) is 38.2 Å². The van der Waals surface area contributed by atoms with Crippen molar-refractivity contribution in [3.05, 3.63) is 28.8 Å². The van der Waals surface area contributed by atoms with Crippen molar-refractivity contribution in [1.82, 2.24) is 0 Å². The Hall–Kier alpha value is -0.900. The summed E-state index contributed by atoms with van der Waals surface area (Å²) in [5.41, 5.74) is -0.641. The maximum atomic E-state index is 13.1. The molecular weight excluding hydrogens is 299 g/mol. The van der Waals surface area contributed by atoms with Crippen LogP contribution < -0.4 is 5.32 Å². The van der Waals surface area contributed by atoms with E-state index >= 15 is 0 Å². The summed E-state index contributed by atoms with van der Waals surface area (Å²) < 4.78 is 39.2. The lowest BCUT2D eigenvalue weighted by Crippen LogP contribution is -2.21. The average Bonchev–Trinajstić information content (AvgIpc) is 2.65. The lowest BCUT2D eigenvalue weighted by Gasteiger charge is -2.22. The van der Waals surface area contributed by atoms with E-state index in [1.165, 1.54) is 18.6 Å². The predicted molar refractivity (Wildman–Crippen MR) is 80.7 cm³/mol. The van der Waals surface area contributed by atoms with Crippen LogP contribution in [0.25, 0.3) is 0 Å². The fourth-order valence-corrected chi connectivity index (χ4v) is 3.27. The van der Waals surface area contributed by atoms with Crippen LogP contribution in [-0.2, 0) is 6.18 Å². The summed E-state index contributed by atoms with van der Waals surface area (Å²) in [5.74, 6) is 0.699. The molecule has 2 unspecified atom stereocenters. The van der Waals surface area contributed by atoms with E-state index in [0.29, 0.717) is 5.92 Å². The maximum Gasteiger partial charge on any atom is 0.418 e. The van der Waals surface area contributed by atoms with Crippen LogP contribution in [0.3, 0.4) is 0 Å². The van der Waals surface area contributed by atoms with Gasteiger partial charge in [-0.2, -0.15) is 13.2 Å². The van der Waals surface area contributed by atoms with Gasteiger partial charge in [-0.25, -0.2) is 0 Å². The number of hydrogen-bond donors (Lipinski definition) is 1. The molecule has 2 atom stereocenters. The number of halogens is 4. The standard InChI is InChI=1S/C16H21ClF3N/c1-2-11-5-3-6-12(10-9-11)21-15-13(16(18,19)20)7-4-8-14(15)17/h4,7-8,11-12,21H,2-3,5-6,9-10H2,1H3. The van der Waals surface area contributed by atoms with Crippen molar-refractivity contribution >= 4 is 17.3 Å². The molecule has 2 rings (SSSR count). The first kappa shape index (κ1) is 16.5. The van der Waals surface area contributed by atoms with Crippen LogP contribution in [0, 0.1) is 5.92 Å². The number of benzene rings is 1. The second kappa shape index (κ2) is 6.91. The summed E-state index contributed by atoms with van der Waals surface area (Å²) in [6, 6.07) is 4.00. The molecule has 5 heteroatoms. The number of alkyl halides is 3.